The molecule has 22 heavy (non-hydrogen) atoms. The Labute approximate surface area is 130 Å². The minimum atomic E-state index is -1.21. The number of aliphatic hydroxyl groups excluding tert-OH is 1. The molecule has 2 rings (SSSR count). The summed E-state index contributed by atoms with van der Waals surface area (Å²) in [5.74, 6) is 0.187. The lowest BCUT2D eigenvalue weighted by Crippen LogP contribution is -2.29. The third kappa shape index (κ3) is 3.86. The third-order valence-corrected chi connectivity index (χ3v) is 3.61. The predicted octanol–water partition coefficient (Wildman–Crippen LogP) is 2.66. The smallest absolute Gasteiger partial charge is 0.253 e. The number of ether oxygens (including phenoxy) is 1. The van der Waals surface area contributed by atoms with Crippen molar-refractivity contribution in [1.29, 1.82) is 0 Å². The van der Waals surface area contributed by atoms with E-state index in [0.717, 1.165) is 11.1 Å². The molecule has 2 aromatic rings. The Kier molecular flexibility index (Phi) is 5.17. The van der Waals surface area contributed by atoms with Gasteiger partial charge in [-0.15, -0.1) is 0 Å². The lowest BCUT2D eigenvalue weighted by molar-refractivity contribution is -0.129. The number of hydrogen-bond donors (Lipinski definition) is 2. The van der Waals surface area contributed by atoms with Crippen LogP contribution in [0.1, 0.15) is 28.4 Å². The van der Waals surface area contributed by atoms with Gasteiger partial charge in [0.1, 0.15) is 5.75 Å². The van der Waals surface area contributed by atoms with Crippen LogP contribution in [-0.2, 0) is 11.3 Å². The molecule has 0 aromatic heterocycles. The van der Waals surface area contributed by atoms with Crippen LogP contribution >= 0.6 is 0 Å². The molecule has 0 heterocycles. The van der Waals surface area contributed by atoms with E-state index in [1.54, 1.807) is 31.4 Å². The minimum absolute atomic E-state index is 0.395. The van der Waals surface area contributed by atoms with Crippen LogP contribution in [0.3, 0.4) is 0 Å². The van der Waals surface area contributed by atoms with Crippen molar-refractivity contribution >= 4 is 5.91 Å². The Bertz CT molecular complexity index is 667. The minimum Gasteiger partial charge on any atom is -0.497 e. The molecule has 4 heteroatoms. The zero-order valence-corrected chi connectivity index (χ0v) is 13.1. The topological polar surface area (TPSA) is 58.6 Å². The first-order valence-electron chi connectivity index (χ1n) is 7.17. The van der Waals surface area contributed by atoms with Gasteiger partial charge in [-0.05, 0) is 42.7 Å². The number of nitrogens with one attached hydrogen (secondary N) is 1. The van der Waals surface area contributed by atoms with Crippen LogP contribution in [0.2, 0.25) is 0 Å². The molecule has 0 saturated carbocycles. The number of rotatable bonds is 5. The van der Waals surface area contributed by atoms with E-state index in [2.05, 4.69) is 11.4 Å². The molecule has 0 fully saturated rings. The van der Waals surface area contributed by atoms with Crippen LogP contribution in [0.5, 0.6) is 5.75 Å². The van der Waals surface area contributed by atoms with Gasteiger partial charge in [-0.2, -0.15) is 0 Å². The van der Waals surface area contributed by atoms with Gasteiger partial charge < -0.3 is 15.2 Å². The molecule has 2 N–H and O–H groups in total. The fraction of sp³-hybridized carbons (Fsp3) is 0.278. The highest BCUT2D eigenvalue weighted by molar-refractivity contribution is 5.82. The average Bonchev–Trinajstić information content (AvgIpc) is 2.53. The number of amides is 1. The molecular weight excluding hydrogens is 278 g/mol. The summed E-state index contributed by atoms with van der Waals surface area (Å²) in [5.41, 5.74) is 3.86. The fourth-order valence-corrected chi connectivity index (χ4v) is 2.29. The van der Waals surface area contributed by atoms with E-state index < -0.39 is 12.0 Å². The summed E-state index contributed by atoms with van der Waals surface area (Å²) >= 11 is 0. The van der Waals surface area contributed by atoms with Crippen molar-refractivity contribution in [3.8, 4) is 5.75 Å². The standard InChI is InChI=1S/C18H21NO3/c1-12-7-8-15(13(2)9-12)11-19-18(21)17(20)14-5-4-6-16(10-14)22-3/h4-10,17,20H,11H2,1-3H3,(H,19,21). The van der Waals surface area contributed by atoms with Gasteiger partial charge in [0.2, 0.25) is 0 Å². The van der Waals surface area contributed by atoms with E-state index in [9.17, 15) is 9.90 Å². The monoisotopic (exact) mass is 299 g/mol. The maximum absolute atomic E-state index is 12.1. The first-order valence-corrected chi connectivity index (χ1v) is 7.17. The Morgan fingerprint density at radius 1 is 1.23 bits per heavy atom. The third-order valence-electron chi connectivity index (χ3n) is 3.61. The number of carbonyl (C=O) groups is 1. The summed E-state index contributed by atoms with van der Waals surface area (Å²) in [5, 5.41) is 12.9. The van der Waals surface area contributed by atoms with E-state index in [1.165, 1.54) is 5.56 Å². The molecule has 0 radical (unpaired) electrons. The highest BCUT2D eigenvalue weighted by Gasteiger charge is 2.17. The van der Waals surface area contributed by atoms with Crippen molar-refractivity contribution < 1.29 is 14.6 Å². The molecular formula is C18H21NO3. The Balaban J connectivity index is 2.02. The van der Waals surface area contributed by atoms with Crippen molar-refractivity contribution in [2.75, 3.05) is 7.11 Å². The summed E-state index contributed by atoms with van der Waals surface area (Å²) in [6, 6.07) is 12.9. The van der Waals surface area contributed by atoms with Gasteiger partial charge in [0.15, 0.2) is 6.10 Å². The van der Waals surface area contributed by atoms with Crippen LogP contribution in [0, 0.1) is 13.8 Å². The van der Waals surface area contributed by atoms with Crippen molar-refractivity contribution in [3.63, 3.8) is 0 Å². The lowest BCUT2D eigenvalue weighted by atomic mass is 10.1. The van der Waals surface area contributed by atoms with Gasteiger partial charge in [-0.25, -0.2) is 0 Å². The molecule has 0 saturated heterocycles. The van der Waals surface area contributed by atoms with E-state index in [4.69, 9.17) is 4.74 Å². The van der Waals surface area contributed by atoms with E-state index >= 15 is 0 Å². The summed E-state index contributed by atoms with van der Waals surface area (Å²) in [6.07, 6.45) is -1.21. The van der Waals surface area contributed by atoms with Gasteiger partial charge in [0.05, 0.1) is 7.11 Å². The molecule has 0 aliphatic rings. The normalized spacial score (nSPS) is 11.8. The second-order valence-electron chi connectivity index (χ2n) is 5.33. The van der Waals surface area contributed by atoms with Crippen molar-refractivity contribution in [2.45, 2.75) is 26.5 Å². The lowest BCUT2D eigenvalue weighted by Gasteiger charge is -2.14. The van der Waals surface area contributed by atoms with Crippen LogP contribution in [0.15, 0.2) is 42.5 Å². The van der Waals surface area contributed by atoms with E-state index in [-0.39, 0.29) is 0 Å². The number of methoxy groups -OCH3 is 1. The Hall–Kier alpha value is -2.33. The quantitative estimate of drug-likeness (QED) is 0.892. The summed E-state index contributed by atoms with van der Waals surface area (Å²) < 4.78 is 5.10. The molecule has 1 unspecified atom stereocenters. The Morgan fingerprint density at radius 3 is 2.68 bits per heavy atom. The van der Waals surface area contributed by atoms with Gasteiger partial charge in [-0.3, -0.25) is 4.79 Å². The van der Waals surface area contributed by atoms with Gasteiger partial charge in [0, 0.05) is 6.54 Å². The highest BCUT2D eigenvalue weighted by atomic mass is 16.5. The van der Waals surface area contributed by atoms with E-state index in [0.29, 0.717) is 17.9 Å². The maximum atomic E-state index is 12.1. The second-order valence-corrected chi connectivity index (χ2v) is 5.33. The first-order chi connectivity index (χ1) is 10.5. The summed E-state index contributed by atoms with van der Waals surface area (Å²) in [6.45, 7) is 4.43. The number of hydrogen-bond acceptors (Lipinski definition) is 3. The van der Waals surface area contributed by atoms with Crippen LogP contribution in [-0.4, -0.2) is 18.1 Å². The molecule has 0 bridgehead atoms. The SMILES string of the molecule is COc1cccc(C(O)C(=O)NCc2ccc(C)cc2C)c1. The molecule has 2 aromatic carbocycles. The molecule has 1 amide bonds. The summed E-state index contributed by atoms with van der Waals surface area (Å²) in [4.78, 5) is 12.1. The average molecular weight is 299 g/mol. The maximum Gasteiger partial charge on any atom is 0.253 e. The molecule has 116 valence electrons. The predicted molar refractivity (Wildman–Crippen MR) is 85.7 cm³/mol. The number of aryl methyl sites for hydroxylation is 2. The summed E-state index contributed by atoms with van der Waals surface area (Å²) in [7, 11) is 1.55. The van der Waals surface area contributed by atoms with Crippen molar-refractivity contribution in [2.24, 2.45) is 0 Å². The van der Waals surface area contributed by atoms with E-state index in [1.807, 2.05) is 26.0 Å². The number of carbonyl (C=O) groups excluding carboxylic acids is 1. The molecule has 0 aliphatic heterocycles. The molecule has 0 spiro atoms. The van der Waals surface area contributed by atoms with Crippen LogP contribution < -0.4 is 10.1 Å². The molecule has 0 aliphatic carbocycles. The van der Waals surface area contributed by atoms with Crippen molar-refractivity contribution in [3.05, 3.63) is 64.7 Å². The number of aliphatic hydroxyl groups is 1. The zero-order valence-electron chi connectivity index (χ0n) is 13.1. The first kappa shape index (κ1) is 16.0. The van der Waals surface area contributed by atoms with Gasteiger partial charge in [0.25, 0.3) is 5.91 Å². The van der Waals surface area contributed by atoms with Gasteiger partial charge in [-0.1, -0.05) is 35.9 Å². The fourth-order valence-electron chi connectivity index (χ4n) is 2.29. The molecule has 1 atom stereocenters. The molecule has 4 nitrogen and oxygen atoms in total. The Morgan fingerprint density at radius 2 is 2.00 bits per heavy atom. The largest absolute Gasteiger partial charge is 0.497 e. The second kappa shape index (κ2) is 7.09. The van der Waals surface area contributed by atoms with Crippen LogP contribution in [0.25, 0.3) is 0 Å². The highest BCUT2D eigenvalue weighted by Crippen LogP contribution is 2.19. The van der Waals surface area contributed by atoms with Gasteiger partial charge >= 0.3 is 0 Å². The van der Waals surface area contributed by atoms with Crippen LogP contribution in [0.4, 0.5) is 0 Å². The van der Waals surface area contributed by atoms with Crippen molar-refractivity contribution in [1.82, 2.24) is 5.32 Å². The zero-order chi connectivity index (χ0) is 16.1. The number of benzene rings is 2.